The van der Waals surface area contributed by atoms with Crippen molar-refractivity contribution in [1.82, 2.24) is 0 Å². The fourth-order valence-electron chi connectivity index (χ4n) is 2.20. The molecule has 112 valence electrons. The van der Waals surface area contributed by atoms with E-state index in [2.05, 4.69) is 5.32 Å². The van der Waals surface area contributed by atoms with Gasteiger partial charge in [0.25, 0.3) is 5.91 Å². The Balaban J connectivity index is 1.99. The molecule has 2 N–H and O–H groups in total. The number of furan rings is 1. The number of nitrogens with one attached hydrogen (secondary N) is 1. The monoisotopic (exact) mass is 319 g/mol. The normalized spacial score (nSPS) is 10.9. The molecule has 2 aromatic carbocycles. The second kappa shape index (κ2) is 5.35. The molecule has 0 fully saturated rings. The van der Waals surface area contributed by atoms with Crippen LogP contribution in [0, 0.1) is 12.7 Å². The summed E-state index contributed by atoms with van der Waals surface area (Å²) < 4.78 is 18.7. The molecule has 6 heteroatoms. The molecular weight excluding hydrogens is 309 g/mol. The number of aromatic hydroxyl groups is 1. The minimum absolute atomic E-state index is 0.0555. The summed E-state index contributed by atoms with van der Waals surface area (Å²) in [6.45, 7) is 1.66. The highest BCUT2D eigenvalue weighted by Crippen LogP contribution is 2.30. The van der Waals surface area contributed by atoms with Crippen LogP contribution < -0.4 is 5.32 Å². The lowest BCUT2D eigenvalue weighted by molar-refractivity contribution is 0.0997. The molecule has 3 aromatic rings. The van der Waals surface area contributed by atoms with Crippen LogP contribution >= 0.6 is 11.6 Å². The third-order valence-electron chi connectivity index (χ3n) is 3.31. The Bertz CT molecular complexity index is 888. The van der Waals surface area contributed by atoms with Gasteiger partial charge in [0, 0.05) is 16.0 Å². The van der Waals surface area contributed by atoms with Crippen LogP contribution in [0.3, 0.4) is 0 Å². The zero-order valence-corrected chi connectivity index (χ0v) is 12.2. The predicted octanol–water partition coefficient (Wildman–Crippen LogP) is 4.49. The second-order valence-electron chi connectivity index (χ2n) is 4.81. The fraction of sp³-hybridized carbons (Fsp3) is 0.0625. The second-order valence-corrected chi connectivity index (χ2v) is 5.25. The van der Waals surface area contributed by atoms with E-state index in [0.717, 1.165) is 0 Å². The lowest BCUT2D eigenvalue weighted by atomic mass is 10.1. The van der Waals surface area contributed by atoms with Gasteiger partial charge in [0.2, 0.25) is 0 Å². The minimum atomic E-state index is -0.549. The summed E-state index contributed by atoms with van der Waals surface area (Å²) in [7, 11) is 0. The van der Waals surface area contributed by atoms with E-state index in [0.29, 0.717) is 21.6 Å². The quantitative estimate of drug-likeness (QED) is 0.684. The molecule has 4 nitrogen and oxygen atoms in total. The number of benzene rings is 2. The van der Waals surface area contributed by atoms with Gasteiger partial charge in [-0.05, 0) is 43.3 Å². The van der Waals surface area contributed by atoms with Crippen LogP contribution in [0.2, 0.25) is 5.02 Å². The largest absolute Gasteiger partial charge is 0.506 e. The SMILES string of the molecule is Cc1c(C(=O)Nc2cc(Cl)ccc2O)oc2ccc(F)cc12. The van der Waals surface area contributed by atoms with E-state index in [1.165, 1.54) is 36.4 Å². The summed E-state index contributed by atoms with van der Waals surface area (Å²) in [5, 5.41) is 13.1. The van der Waals surface area contributed by atoms with Gasteiger partial charge in [-0.1, -0.05) is 11.6 Å². The van der Waals surface area contributed by atoms with E-state index in [-0.39, 0.29) is 17.2 Å². The minimum Gasteiger partial charge on any atom is -0.506 e. The Labute approximate surface area is 130 Å². The topological polar surface area (TPSA) is 62.5 Å². The molecule has 0 saturated heterocycles. The Kier molecular flexibility index (Phi) is 3.50. The zero-order valence-electron chi connectivity index (χ0n) is 11.5. The van der Waals surface area contributed by atoms with E-state index in [1.807, 2.05) is 0 Å². The smallest absolute Gasteiger partial charge is 0.291 e. The first-order chi connectivity index (χ1) is 10.5. The summed E-state index contributed by atoms with van der Waals surface area (Å²) >= 11 is 5.83. The Morgan fingerprint density at radius 2 is 2.05 bits per heavy atom. The molecule has 0 spiro atoms. The maximum atomic E-state index is 13.3. The van der Waals surface area contributed by atoms with Crippen molar-refractivity contribution < 1.29 is 18.7 Å². The number of carbonyl (C=O) groups excluding carboxylic acids is 1. The molecule has 3 rings (SSSR count). The highest BCUT2D eigenvalue weighted by Gasteiger charge is 2.19. The van der Waals surface area contributed by atoms with Crippen LogP contribution in [0.1, 0.15) is 16.1 Å². The number of anilines is 1. The number of rotatable bonds is 2. The number of hydrogen-bond donors (Lipinski definition) is 2. The molecule has 0 aliphatic carbocycles. The zero-order chi connectivity index (χ0) is 15.9. The average Bonchev–Trinajstić information content (AvgIpc) is 2.80. The van der Waals surface area contributed by atoms with Crippen molar-refractivity contribution in [2.45, 2.75) is 6.92 Å². The number of amides is 1. The van der Waals surface area contributed by atoms with Gasteiger partial charge in [-0.25, -0.2) is 4.39 Å². The molecule has 0 radical (unpaired) electrons. The number of aryl methyl sites for hydroxylation is 1. The van der Waals surface area contributed by atoms with Crippen molar-refractivity contribution in [2.75, 3.05) is 5.32 Å². The molecule has 0 saturated carbocycles. The van der Waals surface area contributed by atoms with Crippen LogP contribution in [0.5, 0.6) is 5.75 Å². The number of phenolic OH excluding ortho intramolecular Hbond substituents is 1. The van der Waals surface area contributed by atoms with Crippen LogP contribution in [0.4, 0.5) is 10.1 Å². The summed E-state index contributed by atoms with van der Waals surface area (Å²) in [5.41, 5.74) is 1.11. The first-order valence-corrected chi connectivity index (χ1v) is 6.82. The lowest BCUT2D eigenvalue weighted by Crippen LogP contribution is -2.12. The molecule has 0 atom stereocenters. The molecule has 0 aliphatic rings. The number of phenols is 1. The summed E-state index contributed by atoms with van der Waals surface area (Å²) in [6, 6.07) is 8.33. The molecule has 0 aliphatic heterocycles. The van der Waals surface area contributed by atoms with Crippen molar-refractivity contribution in [2.24, 2.45) is 0 Å². The number of carbonyl (C=O) groups is 1. The maximum Gasteiger partial charge on any atom is 0.291 e. The van der Waals surface area contributed by atoms with Gasteiger partial charge in [0.15, 0.2) is 5.76 Å². The molecule has 1 aromatic heterocycles. The standard InChI is InChI=1S/C16H11ClFNO3/c1-8-11-7-10(18)3-5-14(11)22-15(8)16(21)19-12-6-9(17)2-4-13(12)20/h2-7,20H,1H3,(H,19,21). The van der Waals surface area contributed by atoms with Crippen LogP contribution in [0.15, 0.2) is 40.8 Å². The fourth-order valence-corrected chi connectivity index (χ4v) is 2.37. The van der Waals surface area contributed by atoms with Crippen molar-refractivity contribution in [3.05, 3.63) is 58.6 Å². The van der Waals surface area contributed by atoms with Crippen LogP contribution in [-0.4, -0.2) is 11.0 Å². The Morgan fingerprint density at radius 1 is 1.27 bits per heavy atom. The molecule has 0 unspecified atom stereocenters. The van der Waals surface area contributed by atoms with Gasteiger partial charge in [-0.15, -0.1) is 0 Å². The van der Waals surface area contributed by atoms with E-state index < -0.39 is 11.7 Å². The third kappa shape index (κ3) is 2.51. The summed E-state index contributed by atoms with van der Waals surface area (Å²) in [6.07, 6.45) is 0. The van der Waals surface area contributed by atoms with Gasteiger partial charge in [-0.3, -0.25) is 4.79 Å². The third-order valence-corrected chi connectivity index (χ3v) is 3.55. The highest BCUT2D eigenvalue weighted by atomic mass is 35.5. The molecule has 1 amide bonds. The lowest BCUT2D eigenvalue weighted by Gasteiger charge is -2.06. The van der Waals surface area contributed by atoms with Gasteiger partial charge >= 0.3 is 0 Å². The van der Waals surface area contributed by atoms with E-state index in [1.54, 1.807) is 6.92 Å². The highest BCUT2D eigenvalue weighted by molar-refractivity contribution is 6.31. The summed E-state index contributed by atoms with van der Waals surface area (Å²) in [5.74, 6) is -1.01. The van der Waals surface area contributed by atoms with Gasteiger partial charge in [0.05, 0.1) is 5.69 Å². The van der Waals surface area contributed by atoms with Crippen molar-refractivity contribution in [3.8, 4) is 5.75 Å². The average molecular weight is 320 g/mol. The first-order valence-electron chi connectivity index (χ1n) is 6.44. The van der Waals surface area contributed by atoms with Crippen molar-refractivity contribution in [1.29, 1.82) is 0 Å². The summed E-state index contributed by atoms with van der Waals surface area (Å²) in [4.78, 5) is 12.3. The number of hydrogen-bond acceptors (Lipinski definition) is 3. The molecule has 1 heterocycles. The molecule has 22 heavy (non-hydrogen) atoms. The number of halogens is 2. The number of fused-ring (bicyclic) bond motifs is 1. The van der Waals surface area contributed by atoms with Gasteiger partial charge < -0.3 is 14.8 Å². The van der Waals surface area contributed by atoms with E-state index in [4.69, 9.17) is 16.0 Å². The molecule has 0 bridgehead atoms. The van der Waals surface area contributed by atoms with Gasteiger partial charge in [0.1, 0.15) is 17.1 Å². The van der Waals surface area contributed by atoms with Crippen LogP contribution in [0.25, 0.3) is 11.0 Å². The van der Waals surface area contributed by atoms with Crippen LogP contribution in [-0.2, 0) is 0 Å². The first kappa shape index (κ1) is 14.4. The van der Waals surface area contributed by atoms with E-state index >= 15 is 0 Å². The van der Waals surface area contributed by atoms with E-state index in [9.17, 15) is 14.3 Å². The van der Waals surface area contributed by atoms with Crippen molar-refractivity contribution in [3.63, 3.8) is 0 Å². The molecular formula is C16H11ClFNO3. The predicted molar refractivity (Wildman–Crippen MR) is 82.0 cm³/mol. The van der Waals surface area contributed by atoms with Gasteiger partial charge in [-0.2, -0.15) is 0 Å². The Morgan fingerprint density at radius 3 is 2.82 bits per heavy atom. The van der Waals surface area contributed by atoms with Crippen molar-refractivity contribution >= 4 is 34.2 Å². The Hall–Kier alpha value is -2.53. The maximum absolute atomic E-state index is 13.3.